The number of allylic oxidation sites excluding steroid dienone is 4. The largest absolute Gasteiger partial charge is 0.393 e. The van der Waals surface area contributed by atoms with E-state index in [0.29, 0.717) is 11.8 Å². The molecule has 0 aromatic heterocycles. The summed E-state index contributed by atoms with van der Waals surface area (Å²) in [6, 6.07) is 0. The van der Waals surface area contributed by atoms with Crippen molar-refractivity contribution in [1.29, 1.82) is 0 Å². The highest BCUT2D eigenvalue weighted by molar-refractivity contribution is 5.15. The standard InChI is InChI=1S/C21H34O/c1-15-8-9-20(14-16(15)2)21(22)19-12-10-18(11-13-19)17-6-4-3-5-7-17/h6,18-22H,3-5,7-14H2,1-2H3. The Hall–Kier alpha value is -0.560. The first-order chi connectivity index (χ1) is 10.6. The molecule has 0 aliphatic heterocycles. The Labute approximate surface area is 136 Å². The van der Waals surface area contributed by atoms with Gasteiger partial charge >= 0.3 is 0 Å². The maximum absolute atomic E-state index is 10.9. The van der Waals surface area contributed by atoms with Crippen molar-refractivity contribution < 1.29 is 5.11 Å². The predicted octanol–water partition coefficient (Wildman–Crippen LogP) is 5.79. The Morgan fingerprint density at radius 1 is 0.909 bits per heavy atom. The van der Waals surface area contributed by atoms with E-state index >= 15 is 0 Å². The van der Waals surface area contributed by atoms with Crippen LogP contribution < -0.4 is 0 Å². The highest BCUT2D eigenvalue weighted by atomic mass is 16.3. The summed E-state index contributed by atoms with van der Waals surface area (Å²) in [5.41, 5.74) is 4.86. The highest BCUT2D eigenvalue weighted by Crippen LogP contribution is 2.41. The van der Waals surface area contributed by atoms with Gasteiger partial charge in [-0.25, -0.2) is 0 Å². The minimum atomic E-state index is -0.0515. The fraction of sp³-hybridized carbons (Fsp3) is 0.810. The molecule has 1 fully saturated rings. The van der Waals surface area contributed by atoms with Crippen LogP contribution in [0.15, 0.2) is 22.8 Å². The van der Waals surface area contributed by atoms with Gasteiger partial charge < -0.3 is 5.11 Å². The normalized spacial score (nSPS) is 35.2. The number of hydrogen-bond donors (Lipinski definition) is 1. The zero-order chi connectivity index (χ0) is 15.5. The third-order valence-corrected chi connectivity index (χ3v) is 6.78. The van der Waals surface area contributed by atoms with Gasteiger partial charge in [0.15, 0.2) is 0 Å². The van der Waals surface area contributed by atoms with Gasteiger partial charge in [0, 0.05) is 0 Å². The molecule has 1 nitrogen and oxygen atoms in total. The molecule has 1 heteroatoms. The van der Waals surface area contributed by atoms with E-state index in [1.165, 1.54) is 69.8 Å². The van der Waals surface area contributed by atoms with Crippen LogP contribution in [0.25, 0.3) is 0 Å². The molecule has 0 aromatic rings. The second kappa shape index (κ2) is 7.34. The lowest BCUT2D eigenvalue weighted by atomic mass is 9.70. The van der Waals surface area contributed by atoms with Crippen molar-refractivity contribution in [2.24, 2.45) is 17.8 Å². The van der Waals surface area contributed by atoms with Crippen LogP contribution in [0.4, 0.5) is 0 Å². The number of hydrogen-bond acceptors (Lipinski definition) is 1. The molecule has 1 N–H and O–H groups in total. The minimum absolute atomic E-state index is 0.0515. The van der Waals surface area contributed by atoms with Gasteiger partial charge in [-0.3, -0.25) is 0 Å². The monoisotopic (exact) mass is 302 g/mol. The van der Waals surface area contributed by atoms with Gasteiger partial charge in [-0.15, -0.1) is 0 Å². The van der Waals surface area contributed by atoms with Crippen molar-refractivity contribution in [2.75, 3.05) is 0 Å². The third kappa shape index (κ3) is 3.67. The van der Waals surface area contributed by atoms with Crippen molar-refractivity contribution in [3.63, 3.8) is 0 Å². The van der Waals surface area contributed by atoms with Crippen LogP contribution in [0, 0.1) is 17.8 Å². The Morgan fingerprint density at radius 3 is 2.32 bits per heavy atom. The van der Waals surface area contributed by atoms with Crippen LogP contribution in [-0.2, 0) is 0 Å². The zero-order valence-electron chi connectivity index (χ0n) is 14.6. The molecule has 0 amide bonds. The van der Waals surface area contributed by atoms with E-state index in [2.05, 4.69) is 19.9 Å². The summed E-state index contributed by atoms with van der Waals surface area (Å²) in [7, 11) is 0. The predicted molar refractivity (Wildman–Crippen MR) is 93.7 cm³/mol. The summed E-state index contributed by atoms with van der Waals surface area (Å²) in [6.07, 6.45) is 16.6. The summed E-state index contributed by atoms with van der Waals surface area (Å²) < 4.78 is 0. The van der Waals surface area contributed by atoms with Crippen molar-refractivity contribution in [3.05, 3.63) is 22.8 Å². The summed E-state index contributed by atoms with van der Waals surface area (Å²) in [4.78, 5) is 0. The lowest BCUT2D eigenvalue weighted by Crippen LogP contribution is -2.34. The molecule has 0 aromatic carbocycles. The average Bonchev–Trinajstić information content (AvgIpc) is 2.58. The summed E-state index contributed by atoms with van der Waals surface area (Å²) >= 11 is 0. The second-order valence-corrected chi connectivity index (χ2v) is 8.19. The maximum atomic E-state index is 10.9. The molecule has 124 valence electrons. The van der Waals surface area contributed by atoms with Gasteiger partial charge in [0.05, 0.1) is 6.10 Å². The number of aliphatic hydroxyl groups is 1. The van der Waals surface area contributed by atoms with E-state index < -0.39 is 0 Å². The summed E-state index contributed by atoms with van der Waals surface area (Å²) in [5.74, 6) is 1.94. The van der Waals surface area contributed by atoms with E-state index in [1.807, 2.05) is 0 Å². The van der Waals surface area contributed by atoms with Crippen LogP contribution in [0.2, 0.25) is 0 Å². The van der Waals surface area contributed by atoms with Crippen LogP contribution in [-0.4, -0.2) is 11.2 Å². The fourth-order valence-electron chi connectivity index (χ4n) is 5.03. The lowest BCUT2D eigenvalue weighted by Gasteiger charge is -2.38. The van der Waals surface area contributed by atoms with Gasteiger partial charge in [-0.05, 0) is 102 Å². The number of rotatable bonds is 3. The smallest absolute Gasteiger partial charge is 0.0599 e. The Morgan fingerprint density at radius 2 is 1.68 bits per heavy atom. The highest BCUT2D eigenvalue weighted by Gasteiger charge is 2.33. The van der Waals surface area contributed by atoms with E-state index in [4.69, 9.17) is 0 Å². The molecule has 3 aliphatic carbocycles. The van der Waals surface area contributed by atoms with Crippen molar-refractivity contribution in [2.45, 2.75) is 90.6 Å². The molecule has 2 atom stereocenters. The van der Waals surface area contributed by atoms with Crippen molar-refractivity contribution >= 4 is 0 Å². The molecule has 0 saturated heterocycles. The molecule has 3 aliphatic rings. The van der Waals surface area contributed by atoms with Crippen LogP contribution in [0.3, 0.4) is 0 Å². The second-order valence-electron chi connectivity index (χ2n) is 8.19. The molecular weight excluding hydrogens is 268 g/mol. The fourth-order valence-corrected chi connectivity index (χ4v) is 5.03. The van der Waals surface area contributed by atoms with Crippen molar-refractivity contribution in [3.8, 4) is 0 Å². The molecule has 0 spiro atoms. The molecule has 3 rings (SSSR count). The Kier molecular flexibility index (Phi) is 5.44. The third-order valence-electron chi connectivity index (χ3n) is 6.78. The van der Waals surface area contributed by atoms with E-state index in [1.54, 1.807) is 11.1 Å². The molecule has 0 bridgehead atoms. The first kappa shape index (κ1) is 16.3. The van der Waals surface area contributed by atoms with Crippen LogP contribution >= 0.6 is 0 Å². The molecule has 0 heterocycles. The summed E-state index contributed by atoms with van der Waals surface area (Å²) in [5, 5.41) is 10.9. The van der Waals surface area contributed by atoms with Crippen LogP contribution in [0.1, 0.15) is 84.5 Å². The lowest BCUT2D eigenvalue weighted by molar-refractivity contribution is 0.0228. The Balaban J connectivity index is 1.52. The molecule has 22 heavy (non-hydrogen) atoms. The first-order valence-corrected chi connectivity index (χ1v) is 9.67. The Bertz CT molecular complexity index is 437. The summed E-state index contributed by atoms with van der Waals surface area (Å²) in [6.45, 7) is 4.53. The van der Waals surface area contributed by atoms with Crippen molar-refractivity contribution in [1.82, 2.24) is 0 Å². The average molecular weight is 303 g/mol. The molecule has 0 radical (unpaired) electrons. The van der Waals surface area contributed by atoms with E-state index in [-0.39, 0.29) is 6.10 Å². The van der Waals surface area contributed by atoms with E-state index in [9.17, 15) is 5.11 Å². The first-order valence-electron chi connectivity index (χ1n) is 9.67. The molecular formula is C21H34O. The SMILES string of the molecule is CC1=C(C)CC(C(O)C2CCC(C3=CCCCC3)CC2)CC1. The topological polar surface area (TPSA) is 20.2 Å². The van der Waals surface area contributed by atoms with E-state index in [0.717, 1.165) is 12.3 Å². The minimum Gasteiger partial charge on any atom is -0.393 e. The van der Waals surface area contributed by atoms with Gasteiger partial charge in [-0.1, -0.05) is 22.8 Å². The van der Waals surface area contributed by atoms with Gasteiger partial charge in [-0.2, -0.15) is 0 Å². The quantitative estimate of drug-likeness (QED) is 0.654. The van der Waals surface area contributed by atoms with Crippen LogP contribution in [0.5, 0.6) is 0 Å². The van der Waals surface area contributed by atoms with Gasteiger partial charge in [0.2, 0.25) is 0 Å². The number of aliphatic hydroxyl groups excluding tert-OH is 1. The maximum Gasteiger partial charge on any atom is 0.0599 e. The zero-order valence-corrected chi connectivity index (χ0v) is 14.6. The van der Waals surface area contributed by atoms with Gasteiger partial charge in [0.25, 0.3) is 0 Å². The molecule has 2 unspecified atom stereocenters. The molecule has 1 saturated carbocycles. The van der Waals surface area contributed by atoms with Gasteiger partial charge in [0.1, 0.15) is 0 Å².